The second-order valence-electron chi connectivity index (χ2n) is 3.32. The maximum absolute atomic E-state index is 7.99. The van der Waals surface area contributed by atoms with E-state index in [-0.39, 0.29) is 0 Å². The van der Waals surface area contributed by atoms with Gasteiger partial charge in [-0.2, -0.15) is 5.26 Å². The minimum Gasteiger partial charge on any atom is -0.352 e. The van der Waals surface area contributed by atoms with Gasteiger partial charge in [0.2, 0.25) is 0 Å². The summed E-state index contributed by atoms with van der Waals surface area (Å²) in [6.45, 7) is 8.95. The molecule has 0 aromatic carbocycles. The fraction of sp³-hybridized carbons (Fsp3) is 0.889. The summed E-state index contributed by atoms with van der Waals surface area (Å²) in [6.07, 6.45) is 0.355. The van der Waals surface area contributed by atoms with Gasteiger partial charge in [-0.05, 0) is 0 Å². The minimum absolute atomic E-state index is 0.339. The first-order valence-electron chi connectivity index (χ1n) is 4.68. The highest BCUT2D eigenvalue weighted by Crippen LogP contribution is 2.01. The summed E-state index contributed by atoms with van der Waals surface area (Å²) in [6, 6.07) is 3.12. The second kappa shape index (κ2) is 12.8. The van der Waals surface area contributed by atoms with E-state index in [9.17, 15) is 0 Å². The molecule has 4 nitrogen and oxygen atoms in total. The number of nitrogens with one attached hydrogen (secondary N) is 1. The summed E-state index contributed by atoms with van der Waals surface area (Å²) >= 11 is 0. The van der Waals surface area contributed by atoms with Gasteiger partial charge in [0, 0.05) is 12.1 Å². The van der Waals surface area contributed by atoms with Crippen LogP contribution >= 0.6 is 9.03 Å². The lowest BCUT2D eigenvalue weighted by Gasteiger charge is -2.10. The van der Waals surface area contributed by atoms with Gasteiger partial charge >= 0.3 is 0 Å². The van der Waals surface area contributed by atoms with Crippen LogP contribution in [0.4, 0.5) is 0 Å². The SMILES string of the molecule is CC(C)NC(C)C.N#CCCOPO. The quantitative estimate of drug-likeness (QED) is 0.548. The Morgan fingerprint density at radius 2 is 1.86 bits per heavy atom. The van der Waals surface area contributed by atoms with Gasteiger partial charge in [0.1, 0.15) is 0 Å². The molecule has 0 aliphatic carbocycles. The molecule has 0 rings (SSSR count). The summed E-state index contributed by atoms with van der Waals surface area (Å²) in [5.74, 6) is 0. The second-order valence-corrected chi connectivity index (χ2v) is 3.80. The van der Waals surface area contributed by atoms with Crippen LogP contribution in [0.25, 0.3) is 0 Å². The highest BCUT2D eigenvalue weighted by Gasteiger charge is 1.92. The Hall–Kier alpha value is -0.200. The van der Waals surface area contributed by atoms with Crippen molar-refractivity contribution in [1.82, 2.24) is 5.32 Å². The summed E-state index contributed by atoms with van der Waals surface area (Å²) < 4.78 is 4.43. The summed E-state index contributed by atoms with van der Waals surface area (Å²) in [5.41, 5.74) is 0. The Labute approximate surface area is 88.6 Å². The molecular formula is C9H21N2O2P. The molecule has 0 aromatic heterocycles. The molecule has 0 heterocycles. The number of nitrogens with zero attached hydrogens (tertiary/aromatic N) is 1. The van der Waals surface area contributed by atoms with Crippen LogP contribution in [-0.4, -0.2) is 23.6 Å². The Morgan fingerprint density at radius 1 is 1.36 bits per heavy atom. The average Bonchev–Trinajstić information content (AvgIpc) is 2.04. The smallest absolute Gasteiger partial charge is 0.152 e. The highest BCUT2D eigenvalue weighted by molar-refractivity contribution is 7.24. The Bertz CT molecular complexity index is 140. The third-order valence-corrected chi connectivity index (χ3v) is 1.38. The van der Waals surface area contributed by atoms with Gasteiger partial charge in [-0.15, -0.1) is 0 Å². The van der Waals surface area contributed by atoms with Crippen molar-refractivity contribution in [1.29, 1.82) is 5.26 Å². The van der Waals surface area contributed by atoms with E-state index in [2.05, 4.69) is 37.5 Å². The van der Waals surface area contributed by atoms with Gasteiger partial charge < -0.3 is 14.7 Å². The van der Waals surface area contributed by atoms with Crippen molar-refractivity contribution in [2.75, 3.05) is 6.61 Å². The van der Waals surface area contributed by atoms with Crippen LogP contribution in [0.15, 0.2) is 0 Å². The zero-order valence-corrected chi connectivity index (χ0v) is 10.4. The average molecular weight is 220 g/mol. The molecule has 1 atom stereocenters. The lowest BCUT2D eigenvalue weighted by Crippen LogP contribution is -2.29. The molecule has 5 heteroatoms. The summed E-state index contributed by atoms with van der Waals surface area (Å²) in [5, 5.41) is 11.2. The fourth-order valence-corrected chi connectivity index (χ4v) is 1.00. The topological polar surface area (TPSA) is 65.3 Å². The maximum atomic E-state index is 7.99. The zero-order valence-electron chi connectivity index (χ0n) is 9.37. The molecule has 0 fully saturated rings. The monoisotopic (exact) mass is 220 g/mol. The Morgan fingerprint density at radius 3 is 2.07 bits per heavy atom. The first-order valence-corrected chi connectivity index (χ1v) is 5.54. The molecule has 0 aliphatic rings. The Balaban J connectivity index is 0. The zero-order chi connectivity index (χ0) is 11.4. The lowest BCUT2D eigenvalue weighted by atomic mass is 10.3. The van der Waals surface area contributed by atoms with Gasteiger partial charge in [0.25, 0.3) is 0 Å². The molecule has 0 aromatic rings. The molecule has 84 valence electrons. The van der Waals surface area contributed by atoms with Gasteiger partial charge in [-0.3, -0.25) is 0 Å². The van der Waals surface area contributed by atoms with Crippen LogP contribution in [-0.2, 0) is 4.52 Å². The third-order valence-electron chi connectivity index (χ3n) is 1.05. The van der Waals surface area contributed by atoms with E-state index in [0.717, 1.165) is 0 Å². The number of rotatable bonds is 5. The van der Waals surface area contributed by atoms with Crippen molar-refractivity contribution in [3.63, 3.8) is 0 Å². The molecule has 1 unspecified atom stereocenters. The molecule has 0 bridgehead atoms. The molecule has 14 heavy (non-hydrogen) atoms. The first kappa shape index (κ1) is 16.2. The molecule has 0 spiro atoms. The van der Waals surface area contributed by atoms with Gasteiger partial charge in [-0.1, -0.05) is 27.7 Å². The lowest BCUT2D eigenvalue weighted by molar-refractivity contribution is 0.335. The van der Waals surface area contributed by atoms with Crippen LogP contribution in [0.1, 0.15) is 34.1 Å². The number of nitriles is 1. The van der Waals surface area contributed by atoms with Crippen molar-refractivity contribution in [2.24, 2.45) is 0 Å². The fourth-order valence-electron chi connectivity index (χ4n) is 0.809. The summed E-state index contributed by atoms with van der Waals surface area (Å²) in [7, 11) is -0.483. The largest absolute Gasteiger partial charge is 0.352 e. The summed E-state index contributed by atoms with van der Waals surface area (Å²) in [4.78, 5) is 7.99. The highest BCUT2D eigenvalue weighted by atomic mass is 31.1. The van der Waals surface area contributed by atoms with Crippen LogP contribution in [0, 0.1) is 11.3 Å². The third kappa shape index (κ3) is 22.6. The van der Waals surface area contributed by atoms with E-state index >= 15 is 0 Å². The van der Waals surface area contributed by atoms with E-state index in [0.29, 0.717) is 25.1 Å². The number of hydrogen-bond acceptors (Lipinski definition) is 4. The van der Waals surface area contributed by atoms with Gasteiger partial charge in [0.15, 0.2) is 9.03 Å². The molecule has 0 amide bonds. The molecule has 0 saturated heterocycles. The van der Waals surface area contributed by atoms with Crippen molar-refractivity contribution in [2.45, 2.75) is 46.2 Å². The van der Waals surface area contributed by atoms with Crippen LogP contribution in [0.2, 0.25) is 0 Å². The Kier molecular flexibility index (Phi) is 14.8. The first-order chi connectivity index (χ1) is 6.54. The van der Waals surface area contributed by atoms with E-state index in [1.165, 1.54) is 0 Å². The molecule has 0 saturated carbocycles. The van der Waals surface area contributed by atoms with Crippen molar-refractivity contribution < 1.29 is 9.42 Å². The predicted molar refractivity (Wildman–Crippen MR) is 60.1 cm³/mol. The van der Waals surface area contributed by atoms with Crippen molar-refractivity contribution in [3.05, 3.63) is 0 Å². The molecule has 0 radical (unpaired) electrons. The van der Waals surface area contributed by atoms with Gasteiger partial charge in [0.05, 0.1) is 19.1 Å². The van der Waals surface area contributed by atoms with Crippen molar-refractivity contribution >= 4 is 9.03 Å². The standard InChI is InChI=1S/C6H15N.C3H6NO2P/c1-5(2)7-6(3)4;4-2-1-3-6-7-5/h5-7H,1-4H3;5,7H,1,3H2. The van der Waals surface area contributed by atoms with E-state index in [1.54, 1.807) is 0 Å². The van der Waals surface area contributed by atoms with Crippen LogP contribution < -0.4 is 5.32 Å². The van der Waals surface area contributed by atoms with Crippen LogP contribution in [0.3, 0.4) is 0 Å². The van der Waals surface area contributed by atoms with Crippen molar-refractivity contribution in [3.8, 4) is 6.07 Å². The normalized spacial score (nSPS) is 10.4. The van der Waals surface area contributed by atoms with E-state index < -0.39 is 9.03 Å². The van der Waals surface area contributed by atoms with E-state index in [4.69, 9.17) is 10.2 Å². The minimum atomic E-state index is -0.483. The number of hydrogen-bond donors (Lipinski definition) is 2. The maximum Gasteiger partial charge on any atom is 0.152 e. The molecule has 0 aliphatic heterocycles. The predicted octanol–water partition coefficient (Wildman–Crippen LogP) is 1.81. The van der Waals surface area contributed by atoms with Crippen LogP contribution in [0.5, 0.6) is 0 Å². The van der Waals surface area contributed by atoms with Gasteiger partial charge in [-0.25, -0.2) is 0 Å². The molecular weight excluding hydrogens is 199 g/mol. The molecule has 2 N–H and O–H groups in total. The van der Waals surface area contributed by atoms with E-state index in [1.807, 2.05) is 6.07 Å².